The molecule has 1 aromatic heterocycles. The fourth-order valence-electron chi connectivity index (χ4n) is 5.61. The van der Waals surface area contributed by atoms with Crippen molar-refractivity contribution in [3.05, 3.63) is 52.3 Å². The van der Waals surface area contributed by atoms with Crippen LogP contribution in [0, 0.1) is 15.5 Å². The number of aromatic nitrogens is 2. The molecule has 2 aromatic rings. The molecule has 0 spiro atoms. The molecule has 2 heterocycles. The molecule has 13 heteroatoms. The zero-order valence-electron chi connectivity index (χ0n) is 28.7. The van der Waals surface area contributed by atoms with E-state index in [-0.39, 0.29) is 43.1 Å². The van der Waals surface area contributed by atoms with E-state index in [2.05, 4.69) is 18.8 Å². The molecular formula is C34H54N4O8S. The van der Waals surface area contributed by atoms with Crippen molar-refractivity contribution < 1.29 is 31.8 Å². The first-order valence-corrected chi connectivity index (χ1v) is 18.5. The normalized spacial score (nSPS) is 15.8. The Morgan fingerprint density at radius 1 is 0.936 bits per heavy atom. The van der Waals surface area contributed by atoms with Crippen LogP contribution in [0.4, 0.5) is 5.95 Å². The number of nitrogens with zero attached hydrogens (tertiary/aromatic N) is 4. The van der Waals surface area contributed by atoms with Crippen molar-refractivity contribution in [3.63, 3.8) is 0 Å². The van der Waals surface area contributed by atoms with Crippen LogP contribution in [0.1, 0.15) is 115 Å². The zero-order valence-corrected chi connectivity index (χ0v) is 29.5. The Balaban J connectivity index is 1.67. The van der Waals surface area contributed by atoms with Gasteiger partial charge in [-0.15, -0.1) is 0 Å². The number of unbranched alkanes of at least 4 members (excludes halogenated alkanes) is 10. The number of rotatable bonds is 22. The molecule has 1 fully saturated rings. The van der Waals surface area contributed by atoms with Crippen LogP contribution >= 0.6 is 0 Å². The Labute approximate surface area is 280 Å². The van der Waals surface area contributed by atoms with Gasteiger partial charge in [0, 0.05) is 18.7 Å². The van der Waals surface area contributed by atoms with Crippen LogP contribution in [-0.2, 0) is 30.3 Å². The Morgan fingerprint density at radius 2 is 1.47 bits per heavy atom. The van der Waals surface area contributed by atoms with E-state index in [1.807, 2.05) is 4.90 Å². The van der Waals surface area contributed by atoms with Crippen LogP contribution in [0.3, 0.4) is 0 Å². The van der Waals surface area contributed by atoms with E-state index in [1.54, 1.807) is 13.8 Å². The molecule has 1 aliphatic heterocycles. The highest BCUT2D eigenvalue weighted by Crippen LogP contribution is 2.34. The quantitative estimate of drug-likeness (QED) is 0.0550. The van der Waals surface area contributed by atoms with Crippen molar-refractivity contribution in [2.75, 3.05) is 32.9 Å². The molecule has 0 N–H and O–H groups in total. The van der Waals surface area contributed by atoms with E-state index < -0.39 is 26.2 Å². The van der Waals surface area contributed by atoms with E-state index in [1.165, 1.54) is 79.8 Å². The van der Waals surface area contributed by atoms with E-state index in [0.29, 0.717) is 18.7 Å². The second kappa shape index (κ2) is 18.6. The second-order valence-electron chi connectivity index (χ2n) is 13.2. The molecule has 1 amide bonds. The summed E-state index contributed by atoms with van der Waals surface area (Å²) >= 11 is 0. The molecule has 1 aliphatic rings. The third-order valence-corrected chi connectivity index (χ3v) is 9.85. The molecule has 0 bridgehead atoms. The summed E-state index contributed by atoms with van der Waals surface area (Å²) in [7, 11) is -4.24. The Bertz CT molecular complexity index is 1330. The van der Waals surface area contributed by atoms with Gasteiger partial charge in [-0.25, -0.2) is 4.57 Å². The number of ether oxygens (including phenoxy) is 2. The molecule has 0 unspecified atom stereocenters. The lowest BCUT2D eigenvalue weighted by Gasteiger charge is -2.42. The minimum absolute atomic E-state index is 0.00457. The highest BCUT2D eigenvalue weighted by atomic mass is 32.2. The minimum Gasteiger partial charge on any atom is -0.390 e. The van der Waals surface area contributed by atoms with Gasteiger partial charge >= 0.3 is 5.95 Å². The molecule has 0 saturated carbocycles. The molecule has 1 saturated heterocycles. The van der Waals surface area contributed by atoms with Crippen molar-refractivity contribution in [1.29, 1.82) is 0 Å². The van der Waals surface area contributed by atoms with Crippen molar-refractivity contribution in [3.8, 4) is 0 Å². The van der Waals surface area contributed by atoms with E-state index in [9.17, 15) is 23.3 Å². The summed E-state index contributed by atoms with van der Waals surface area (Å²) < 4.78 is 45.1. The topological polar surface area (TPSA) is 143 Å². The lowest BCUT2D eigenvalue weighted by molar-refractivity contribution is -0.397. The Morgan fingerprint density at radius 3 is 2.00 bits per heavy atom. The lowest BCUT2D eigenvalue weighted by Crippen LogP contribution is -2.51. The first-order chi connectivity index (χ1) is 22.4. The predicted octanol–water partition coefficient (Wildman–Crippen LogP) is 7.13. The maximum atomic E-state index is 13.6. The van der Waals surface area contributed by atoms with Crippen molar-refractivity contribution in [1.82, 2.24) is 14.5 Å². The fraction of sp³-hybridized carbons (Fsp3) is 0.706. The lowest BCUT2D eigenvalue weighted by atomic mass is 9.89. The highest BCUT2D eigenvalue weighted by molar-refractivity contribution is 7.86. The monoisotopic (exact) mass is 678 g/mol. The first kappa shape index (κ1) is 38.6. The average Bonchev–Trinajstić information content (AvgIpc) is 3.52. The van der Waals surface area contributed by atoms with Crippen LogP contribution in [0.15, 0.2) is 41.6 Å². The van der Waals surface area contributed by atoms with Crippen LogP contribution < -0.4 is 0 Å². The standard InChI is InChI=1S/C34H54N4O8S/c1-5-7-9-11-13-15-22-36(23-16-14-12-10-8-6-2)31(39)29-17-19-30(20-18-29)47(42,43)46-28-34(26-44-33(3,4)45-27-34)25-37-24-21-35-32(37)38(40)41/h17-21,24H,5-16,22-23,25-28H2,1-4H3. The molecule has 3 rings (SSSR count). The highest BCUT2D eigenvalue weighted by Gasteiger charge is 2.44. The first-order valence-electron chi connectivity index (χ1n) is 17.1. The van der Waals surface area contributed by atoms with Gasteiger partial charge in [-0.3, -0.25) is 8.98 Å². The van der Waals surface area contributed by atoms with Gasteiger partial charge in [-0.2, -0.15) is 8.42 Å². The van der Waals surface area contributed by atoms with Crippen LogP contribution in [0.5, 0.6) is 0 Å². The van der Waals surface area contributed by atoms with Crippen molar-refractivity contribution in [2.24, 2.45) is 5.41 Å². The van der Waals surface area contributed by atoms with Crippen molar-refractivity contribution in [2.45, 2.75) is 122 Å². The molecule has 1 aromatic carbocycles. The number of hydrogen-bond donors (Lipinski definition) is 0. The summed E-state index contributed by atoms with van der Waals surface area (Å²) in [4.78, 5) is 30.0. The van der Waals surface area contributed by atoms with Gasteiger partial charge in [0.05, 0.1) is 36.7 Å². The van der Waals surface area contributed by atoms with Gasteiger partial charge in [-0.05, 0) is 55.9 Å². The third kappa shape index (κ3) is 12.3. The summed E-state index contributed by atoms with van der Waals surface area (Å²) in [6.45, 7) is 8.97. The summed E-state index contributed by atoms with van der Waals surface area (Å²) in [5.41, 5.74) is -0.613. The average molecular weight is 679 g/mol. The zero-order chi connectivity index (χ0) is 34.3. The number of imidazole rings is 1. The van der Waals surface area contributed by atoms with Gasteiger partial charge in [-0.1, -0.05) is 83.0 Å². The molecule has 0 atom stereocenters. The van der Waals surface area contributed by atoms with Gasteiger partial charge in [0.1, 0.15) is 12.4 Å². The predicted molar refractivity (Wildman–Crippen MR) is 180 cm³/mol. The number of benzene rings is 1. The van der Waals surface area contributed by atoms with E-state index in [4.69, 9.17) is 13.7 Å². The van der Waals surface area contributed by atoms with Crippen molar-refractivity contribution >= 4 is 22.0 Å². The van der Waals surface area contributed by atoms with E-state index >= 15 is 0 Å². The summed E-state index contributed by atoms with van der Waals surface area (Å²) in [6, 6.07) is 5.85. The van der Waals surface area contributed by atoms with Gasteiger partial charge in [0.2, 0.25) is 0 Å². The molecule has 47 heavy (non-hydrogen) atoms. The maximum Gasteiger partial charge on any atom is 0.434 e. The summed E-state index contributed by atoms with van der Waals surface area (Å²) in [6.07, 6.45) is 16.4. The van der Waals surface area contributed by atoms with Gasteiger partial charge in [0.25, 0.3) is 16.0 Å². The summed E-state index contributed by atoms with van der Waals surface area (Å²) in [5.74, 6) is -1.37. The number of nitro groups is 1. The fourth-order valence-corrected chi connectivity index (χ4v) is 6.62. The molecular weight excluding hydrogens is 624 g/mol. The maximum absolute atomic E-state index is 13.6. The molecule has 0 radical (unpaired) electrons. The van der Waals surface area contributed by atoms with Crippen LogP contribution in [-0.4, -0.2) is 72.4 Å². The number of amides is 1. The Kier molecular flexibility index (Phi) is 15.3. The SMILES string of the molecule is CCCCCCCCN(CCCCCCCC)C(=O)c1ccc(S(=O)(=O)OCC2(Cn3ccnc3[N+](=O)[O-])COC(C)(C)OC2)cc1. The smallest absolute Gasteiger partial charge is 0.390 e. The van der Waals surface area contributed by atoms with Gasteiger partial charge in [0.15, 0.2) is 5.79 Å². The number of hydrogen-bond acceptors (Lipinski definition) is 9. The largest absolute Gasteiger partial charge is 0.434 e. The second-order valence-corrected chi connectivity index (χ2v) is 14.8. The van der Waals surface area contributed by atoms with E-state index in [0.717, 1.165) is 38.5 Å². The van der Waals surface area contributed by atoms with Crippen LogP contribution in [0.2, 0.25) is 0 Å². The number of carbonyl (C=O) groups is 1. The third-order valence-electron chi connectivity index (χ3n) is 8.58. The molecule has 12 nitrogen and oxygen atoms in total. The minimum atomic E-state index is -4.24. The van der Waals surface area contributed by atoms with Crippen LogP contribution in [0.25, 0.3) is 0 Å². The number of carbonyl (C=O) groups excluding carboxylic acids is 1. The summed E-state index contributed by atoms with van der Waals surface area (Å²) in [5, 5.41) is 11.5. The molecule has 264 valence electrons. The molecule has 0 aliphatic carbocycles. The van der Waals surface area contributed by atoms with Gasteiger partial charge < -0.3 is 24.5 Å². The Hall–Kier alpha value is -2.87.